The van der Waals surface area contributed by atoms with E-state index in [4.69, 9.17) is 9.47 Å². The van der Waals surface area contributed by atoms with Crippen LogP contribution in [0.5, 0.6) is 11.5 Å². The Morgan fingerprint density at radius 1 is 1.06 bits per heavy atom. The second kappa shape index (κ2) is 12.2. The number of piperidine rings is 2. The summed E-state index contributed by atoms with van der Waals surface area (Å²) >= 11 is 1.21. The molecule has 2 aromatic heterocycles. The Morgan fingerprint density at radius 2 is 1.80 bits per heavy atom. The van der Waals surface area contributed by atoms with Gasteiger partial charge in [-0.3, -0.25) is 29.5 Å². The summed E-state index contributed by atoms with van der Waals surface area (Å²) in [4.78, 5) is 43.4. The molecule has 13 heteroatoms. The van der Waals surface area contributed by atoms with Crippen molar-refractivity contribution in [3.63, 3.8) is 0 Å². The number of carbonyl (C=O) groups is 2. The van der Waals surface area contributed by atoms with Gasteiger partial charge in [0, 0.05) is 79.7 Å². The summed E-state index contributed by atoms with van der Waals surface area (Å²) in [7, 11) is 5.12. The van der Waals surface area contributed by atoms with Crippen LogP contribution in [0.4, 0.5) is 5.69 Å². The third kappa shape index (κ3) is 5.49. The minimum atomic E-state index is -0.865. The highest BCUT2D eigenvalue weighted by Crippen LogP contribution is 2.46. The third-order valence-electron chi connectivity index (χ3n) is 11.0. The number of aromatic nitrogens is 2. The summed E-state index contributed by atoms with van der Waals surface area (Å²) in [6.07, 6.45) is 5.62. The first kappa shape index (κ1) is 31.9. The lowest BCUT2D eigenvalue weighted by molar-refractivity contribution is -0.141. The number of aliphatic hydroxyl groups is 1. The van der Waals surface area contributed by atoms with Crippen molar-refractivity contribution in [3.05, 3.63) is 69.8 Å². The highest BCUT2D eigenvalue weighted by atomic mass is 32.1. The Morgan fingerprint density at radius 3 is 2.49 bits per heavy atom. The molecule has 8 rings (SSSR count). The molecule has 3 saturated heterocycles. The van der Waals surface area contributed by atoms with Gasteiger partial charge in [-0.2, -0.15) is 4.37 Å². The molecule has 0 aliphatic carbocycles. The number of rotatable bonds is 7. The number of ether oxygens (including phenoxy) is 2. The number of nitrogens with one attached hydrogen (secondary N) is 1. The minimum Gasteiger partial charge on any atom is -0.496 e. The van der Waals surface area contributed by atoms with E-state index in [1.165, 1.54) is 11.5 Å². The summed E-state index contributed by atoms with van der Waals surface area (Å²) < 4.78 is 18.3. The van der Waals surface area contributed by atoms with Gasteiger partial charge in [-0.1, -0.05) is 6.07 Å². The van der Waals surface area contributed by atoms with E-state index in [1.807, 2.05) is 18.3 Å². The summed E-state index contributed by atoms with van der Waals surface area (Å²) in [5.74, 6) is 0.930. The van der Waals surface area contributed by atoms with Gasteiger partial charge in [0.25, 0.3) is 5.56 Å². The molecular formula is C36H40N6O6S. The third-order valence-corrected chi connectivity index (χ3v) is 11.8. The quantitative estimate of drug-likeness (QED) is 0.280. The van der Waals surface area contributed by atoms with Gasteiger partial charge in [0.15, 0.2) is 0 Å². The topological polar surface area (TPSA) is 129 Å². The first-order valence-electron chi connectivity index (χ1n) is 16.7. The highest BCUT2D eigenvalue weighted by molar-refractivity contribution is 7.13. The number of hydrogen-bond donors (Lipinski definition) is 2. The first-order valence-corrected chi connectivity index (χ1v) is 17.5. The lowest BCUT2D eigenvalue weighted by Crippen LogP contribution is -2.60. The minimum absolute atomic E-state index is 0.0568. The fourth-order valence-corrected chi connectivity index (χ4v) is 8.92. The average Bonchev–Trinajstić information content (AvgIpc) is 3.71. The largest absolute Gasteiger partial charge is 0.496 e. The molecule has 3 fully saturated rings. The number of pyridine rings is 1. The number of aryl methyl sites for hydroxylation is 1. The van der Waals surface area contributed by atoms with E-state index < -0.39 is 12.3 Å². The van der Waals surface area contributed by atoms with Crippen molar-refractivity contribution < 1.29 is 24.2 Å². The zero-order valence-corrected chi connectivity index (χ0v) is 28.7. The molecule has 4 aliphatic rings. The second-order valence-electron chi connectivity index (χ2n) is 13.9. The summed E-state index contributed by atoms with van der Waals surface area (Å²) in [6.45, 7) is 5.08. The number of imide groups is 1. The average molecular weight is 685 g/mol. The fourth-order valence-electron chi connectivity index (χ4n) is 8.17. The van der Waals surface area contributed by atoms with Crippen LogP contribution in [0.15, 0.2) is 47.5 Å². The van der Waals surface area contributed by atoms with Gasteiger partial charge < -0.3 is 24.0 Å². The molecule has 256 valence electrons. The van der Waals surface area contributed by atoms with E-state index in [-0.39, 0.29) is 29.2 Å². The monoisotopic (exact) mass is 684 g/mol. The number of benzene rings is 2. The van der Waals surface area contributed by atoms with Gasteiger partial charge in [0.2, 0.25) is 11.8 Å². The van der Waals surface area contributed by atoms with Gasteiger partial charge in [-0.05, 0) is 79.3 Å². The maximum Gasteiger partial charge on any atom is 0.269 e. The zero-order chi connectivity index (χ0) is 34.0. The molecule has 2 N–H and O–H groups in total. The lowest BCUT2D eigenvalue weighted by Gasteiger charge is -2.55. The number of carbonyl (C=O) groups excluding carboxylic acids is 2. The molecule has 2 aromatic carbocycles. The van der Waals surface area contributed by atoms with Crippen molar-refractivity contribution in [1.82, 2.24) is 24.1 Å². The molecule has 6 heterocycles. The van der Waals surface area contributed by atoms with Crippen LogP contribution in [-0.2, 0) is 29.7 Å². The van der Waals surface area contributed by atoms with Crippen LogP contribution in [-0.4, -0.2) is 82.1 Å². The number of methoxy groups -OCH3 is 2. The predicted octanol–water partition coefficient (Wildman–Crippen LogP) is 3.39. The van der Waals surface area contributed by atoms with Gasteiger partial charge in [-0.15, -0.1) is 0 Å². The molecule has 4 aromatic rings. The molecule has 1 spiro atoms. The van der Waals surface area contributed by atoms with Gasteiger partial charge in [-0.25, -0.2) is 0 Å². The van der Waals surface area contributed by atoms with Gasteiger partial charge >= 0.3 is 0 Å². The van der Waals surface area contributed by atoms with Crippen LogP contribution in [0.3, 0.4) is 0 Å². The maximum atomic E-state index is 12.6. The fraction of sp³-hybridized carbons (Fsp3) is 0.444. The molecule has 2 amide bonds. The molecule has 0 bridgehead atoms. The van der Waals surface area contributed by atoms with Gasteiger partial charge in [0.1, 0.15) is 22.4 Å². The van der Waals surface area contributed by atoms with Gasteiger partial charge in [0.05, 0.1) is 25.8 Å². The Labute approximate surface area is 288 Å². The van der Waals surface area contributed by atoms with Crippen molar-refractivity contribution >= 4 is 39.1 Å². The normalized spacial score (nSPS) is 22.3. The molecule has 12 nitrogen and oxygen atoms in total. The number of hydrogen-bond acceptors (Lipinski definition) is 11. The van der Waals surface area contributed by atoms with Crippen molar-refractivity contribution in [1.29, 1.82) is 0 Å². The SMILES string of the molecule is COc1cc(-c2cn(C)c(=O)c3sncc23)cc(OC)c1CN1CCC2(CC1)CN(c1ccc3c(c1)C(O)N(C1CCC(=O)NC1=O)C3)C2. The van der Waals surface area contributed by atoms with E-state index in [9.17, 15) is 19.5 Å². The predicted molar refractivity (Wildman–Crippen MR) is 186 cm³/mol. The Bertz CT molecular complexity index is 2000. The van der Waals surface area contributed by atoms with E-state index in [0.29, 0.717) is 24.2 Å². The number of amides is 2. The standard InChI is InChI=1S/C36H40N6O6S/c1-39-17-26(25-15-37-49-32(25)35(39)46)22-12-29(47-2)27(30(13-22)48-3)18-40-10-8-36(9-11-40)19-41(20-36)23-5-4-21-16-42(34(45)24(21)14-23)28-6-7-31(43)38-33(28)44/h4-5,12-15,17,28,34,45H,6-11,16,18-20H2,1-3H3,(H,38,43,44). The highest BCUT2D eigenvalue weighted by Gasteiger charge is 2.46. The Balaban J connectivity index is 0.923. The smallest absolute Gasteiger partial charge is 0.269 e. The Kier molecular flexibility index (Phi) is 7.97. The lowest BCUT2D eigenvalue weighted by atomic mass is 9.71. The van der Waals surface area contributed by atoms with Crippen LogP contribution in [0.2, 0.25) is 0 Å². The van der Waals surface area contributed by atoms with Crippen LogP contribution >= 0.6 is 11.5 Å². The number of nitrogens with zero attached hydrogens (tertiary/aromatic N) is 5. The van der Waals surface area contributed by atoms with E-state index in [0.717, 1.165) is 89.4 Å². The van der Waals surface area contributed by atoms with E-state index in [1.54, 1.807) is 36.9 Å². The van der Waals surface area contributed by atoms with Crippen LogP contribution < -0.4 is 25.2 Å². The summed E-state index contributed by atoms with van der Waals surface area (Å²) in [6, 6.07) is 9.82. The Hall–Kier alpha value is -4.30. The van der Waals surface area contributed by atoms with Crippen molar-refractivity contribution in [2.75, 3.05) is 45.3 Å². The number of likely N-dealkylation sites (tertiary alicyclic amines) is 1. The van der Waals surface area contributed by atoms with Crippen molar-refractivity contribution in [3.8, 4) is 22.6 Å². The molecule has 2 atom stereocenters. The molecular weight excluding hydrogens is 644 g/mol. The van der Waals surface area contributed by atoms with Crippen LogP contribution in [0.25, 0.3) is 21.2 Å². The molecule has 2 unspecified atom stereocenters. The van der Waals surface area contributed by atoms with Crippen LogP contribution in [0.1, 0.15) is 48.6 Å². The number of fused-ring (bicyclic) bond motifs is 2. The second-order valence-corrected chi connectivity index (χ2v) is 14.7. The summed E-state index contributed by atoms with van der Waals surface area (Å²) in [5.41, 5.74) is 6.00. The maximum absolute atomic E-state index is 12.6. The zero-order valence-electron chi connectivity index (χ0n) is 27.9. The van der Waals surface area contributed by atoms with Crippen molar-refractivity contribution in [2.24, 2.45) is 12.5 Å². The molecule has 0 saturated carbocycles. The number of anilines is 1. The summed E-state index contributed by atoms with van der Waals surface area (Å²) in [5, 5.41) is 14.4. The number of aliphatic hydroxyl groups excluding tert-OH is 1. The van der Waals surface area contributed by atoms with Crippen LogP contribution in [0, 0.1) is 5.41 Å². The molecule has 49 heavy (non-hydrogen) atoms. The van der Waals surface area contributed by atoms with E-state index in [2.05, 4.69) is 37.7 Å². The molecule has 4 aliphatic heterocycles. The molecule has 0 radical (unpaired) electrons. The first-order chi connectivity index (χ1) is 23.7. The van der Waals surface area contributed by atoms with E-state index >= 15 is 0 Å². The van der Waals surface area contributed by atoms with Crippen molar-refractivity contribution in [2.45, 2.75) is 51.0 Å².